The number of rotatable bonds is 22. The van der Waals surface area contributed by atoms with E-state index in [1.807, 2.05) is 69.2 Å². The van der Waals surface area contributed by atoms with Crippen molar-refractivity contribution >= 4 is 17.9 Å². The van der Waals surface area contributed by atoms with Crippen molar-refractivity contribution in [1.29, 1.82) is 0 Å². The summed E-state index contributed by atoms with van der Waals surface area (Å²) < 4.78 is 30.5. The summed E-state index contributed by atoms with van der Waals surface area (Å²) >= 11 is 0. The van der Waals surface area contributed by atoms with Gasteiger partial charge in [-0.1, -0.05) is 26.7 Å². The molecule has 0 heterocycles. The summed E-state index contributed by atoms with van der Waals surface area (Å²) in [6.45, 7) is 32.5. The minimum Gasteiger partial charge on any atom is -0.456 e. The van der Waals surface area contributed by atoms with E-state index in [9.17, 15) is 14.4 Å². The van der Waals surface area contributed by atoms with Gasteiger partial charge in [0.15, 0.2) is 0 Å². The zero-order chi connectivity index (χ0) is 34.6. The van der Waals surface area contributed by atoms with Gasteiger partial charge < -0.3 is 28.5 Å². The summed E-state index contributed by atoms with van der Waals surface area (Å²) in [5.41, 5.74) is -4.41. The van der Waals surface area contributed by atoms with E-state index in [2.05, 4.69) is 26.7 Å². The van der Waals surface area contributed by atoms with Gasteiger partial charge >= 0.3 is 17.9 Å². The molecule has 0 aliphatic carbocycles. The average Bonchev–Trinajstić information content (AvgIpc) is 2.88. The van der Waals surface area contributed by atoms with Crippen molar-refractivity contribution in [3.05, 3.63) is 38.0 Å². The molecule has 0 aromatic heterocycles. The standard InChI is InChI=1S/C34H59NO9/c1-16-26(36)42-29(5,6)20-22-39-31(9,10)24-34(19-4,33(13,14)41-25-35(15)44-28(38)18-3)32(11,12)40-23-21-30(7,8)43-27(37)17-2/h16-18H,1-3,19-25H2,4-15H3. The zero-order valence-electron chi connectivity index (χ0n) is 29.4. The van der Waals surface area contributed by atoms with Crippen LogP contribution in [0, 0.1) is 5.41 Å². The van der Waals surface area contributed by atoms with Crippen LogP contribution in [-0.2, 0) is 42.9 Å². The second kappa shape index (κ2) is 16.7. The summed E-state index contributed by atoms with van der Waals surface area (Å²) in [5, 5.41) is 1.31. The summed E-state index contributed by atoms with van der Waals surface area (Å²) in [5.74, 6) is -1.56. The highest BCUT2D eigenvalue weighted by Gasteiger charge is 2.58. The Morgan fingerprint density at radius 3 is 1.45 bits per heavy atom. The van der Waals surface area contributed by atoms with Gasteiger partial charge in [-0.25, -0.2) is 14.4 Å². The topological polar surface area (TPSA) is 110 Å². The van der Waals surface area contributed by atoms with Crippen molar-refractivity contribution in [2.45, 2.75) is 130 Å². The molecule has 0 amide bonds. The highest BCUT2D eigenvalue weighted by molar-refractivity contribution is 5.82. The first kappa shape index (κ1) is 41.5. The highest BCUT2D eigenvalue weighted by Crippen LogP contribution is 2.53. The predicted octanol–water partition coefficient (Wildman–Crippen LogP) is 6.49. The molecular formula is C34H59NO9. The Morgan fingerprint density at radius 2 is 1.05 bits per heavy atom. The minimum absolute atomic E-state index is 0.000901. The van der Waals surface area contributed by atoms with E-state index in [1.54, 1.807) is 7.05 Å². The fraction of sp³-hybridized carbons (Fsp3) is 0.735. The summed E-state index contributed by atoms with van der Waals surface area (Å²) in [6.07, 6.45) is 5.48. The molecule has 254 valence electrons. The van der Waals surface area contributed by atoms with E-state index >= 15 is 0 Å². The van der Waals surface area contributed by atoms with Gasteiger partial charge in [0.25, 0.3) is 0 Å². The van der Waals surface area contributed by atoms with Gasteiger partial charge in [-0.2, -0.15) is 0 Å². The summed E-state index contributed by atoms with van der Waals surface area (Å²) in [7, 11) is 1.60. The van der Waals surface area contributed by atoms with Crippen LogP contribution in [0.4, 0.5) is 0 Å². The first-order valence-corrected chi connectivity index (χ1v) is 15.1. The molecule has 0 spiro atoms. The van der Waals surface area contributed by atoms with Crippen LogP contribution in [0.5, 0.6) is 0 Å². The van der Waals surface area contributed by atoms with E-state index in [0.29, 0.717) is 38.9 Å². The lowest BCUT2D eigenvalue weighted by molar-refractivity contribution is -0.269. The number of hydroxylamine groups is 2. The van der Waals surface area contributed by atoms with Crippen LogP contribution >= 0.6 is 0 Å². The van der Waals surface area contributed by atoms with Crippen molar-refractivity contribution in [1.82, 2.24) is 5.06 Å². The molecule has 44 heavy (non-hydrogen) atoms. The predicted molar refractivity (Wildman–Crippen MR) is 171 cm³/mol. The Morgan fingerprint density at radius 1 is 0.636 bits per heavy atom. The van der Waals surface area contributed by atoms with Crippen LogP contribution in [0.15, 0.2) is 38.0 Å². The lowest BCUT2D eigenvalue weighted by Gasteiger charge is -2.57. The SMILES string of the molecule is C=CC(=O)ON(C)COC(C)(C)C(CC)(CC(C)(C)OCCC(C)(C)OC(=O)C=C)C(C)(C)OCCC(C)(C)OC(=O)C=C. The molecule has 0 rings (SSSR count). The van der Waals surface area contributed by atoms with Crippen LogP contribution in [0.3, 0.4) is 0 Å². The number of hydrogen-bond acceptors (Lipinski definition) is 10. The Hall–Kier alpha value is -2.53. The zero-order valence-corrected chi connectivity index (χ0v) is 29.4. The van der Waals surface area contributed by atoms with Crippen molar-refractivity contribution in [2.24, 2.45) is 5.41 Å². The Balaban J connectivity index is 6.23. The maximum atomic E-state index is 11.8. The lowest BCUT2D eigenvalue weighted by atomic mass is 9.57. The first-order valence-electron chi connectivity index (χ1n) is 15.1. The van der Waals surface area contributed by atoms with E-state index in [-0.39, 0.29) is 6.73 Å². The van der Waals surface area contributed by atoms with Gasteiger partial charge in [0, 0.05) is 43.5 Å². The van der Waals surface area contributed by atoms with Crippen molar-refractivity contribution in [3.8, 4) is 0 Å². The average molecular weight is 626 g/mol. The van der Waals surface area contributed by atoms with Crippen LogP contribution in [-0.4, -0.2) is 78.0 Å². The molecule has 10 heteroatoms. The Kier molecular flexibility index (Phi) is 15.7. The maximum Gasteiger partial charge on any atom is 0.349 e. The van der Waals surface area contributed by atoms with E-state index < -0.39 is 51.3 Å². The second-order valence-corrected chi connectivity index (χ2v) is 13.9. The first-order chi connectivity index (χ1) is 19.9. The largest absolute Gasteiger partial charge is 0.456 e. The summed E-state index contributed by atoms with van der Waals surface area (Å²) in [4.78, 5) is 40.5. The van der Waals surface area contributed by atoms with Crippen molar-refractivity contribution in [2.75, 3.05) is 27.0 Å². The second-order valence-electron chi connectivity index (χ2n) is 13.9. The molecule has 0 N–H and O–H groups in total. The fourth-order valence-corrected chi connectivity index (χ4v) is 5.51. The molecule has 0 saturated carbocycles. The third kappa shape index (κ3) is 13.2. The molecule has 0 aliphatic heterocycles. The van der Waals surface area contributed by atoms with Gasteiger partial charge in [-0.3, -0.25) is 0 Å². The number of ether oxygens (including phenoxy) is 5. The van der Waals surface area contributed by atoms with Gasteiger partial charge in [0.05, 0.1) is 30.0 Å². The van der Waals surface area contributed by atoms with Crippen LogP contribution in [0.2, 0.25) is 0 Å². The fourth-order valence-electron chi connectivity index (χ4n) is 5.51. The van der Waals surface area contributed by atoms with Crippen LogP contribution in [0.1, 0.15) is 102 Å². The number of carbonyl (C=O) groups excluding carboxylic acids is 3. The quantitative estimate of drug-likeness (QED) is 0.0573. The van der Waals surface area contributed by atoms with Crippen molar-refractivity contribution in [3.63, 3.8) is 0 Å². The molecule has 0 saturated heterocycles. The molecule has 0 aromatic rings. The smallest absolute Gasteiger partial charge is 0.349 e. The molecule has 0 radical (unpaired) electrons. The van der Waals surface area contributed by atoms with Gasteiger partial charge in [0.2, 0.25) is 0 Å². The van der Waals surface area contributed by atoms with E-state index in [4.69, 9.17) is 28.5 Å². The lowest BCUT2D eigenvalue weighted by Crippen LogP contribution is -2.62. The monoisotopic (exact) mass is 625 g/mol. The minimum atomic E-state index is -0.829. The molecule has 0 aliphatic rings. The summed E-state index contributed by atoms with van der Waals surface area (Å²) in [6, 6.07) is 0. The van der Waals surface area contributed by atoms with Crippen LogP contribution in [0.25, 0.3) is 0 Å². The number of hydrogen-bond donors (Lipinski definition) is 0. The van der Waals surface area contributed by atoms with E-state index in [1.165, 1.54) is 5.06 Å². The number of nitrogens with zero attached hydrogens (tertiary/aromatic N) is 1. The van der Waals surface area contributed by atoms with Gasteiger partial charge in [-0.05, 0) is 82.1 Å². The van der Waals surface area contributed by atoms with Gasteiger partial charge in [-0.15, -0.1) is 5.06 Å². The Bertz CT molecular complexity index is 997. The molecule has 1 atom stereocenters. The molecular weight excluding hydrogens is 566 g/mol. The third-order valence-corrected chi connectivity index (χ3v) is 8.11. The maximum absolute atomic E-state index is 11.8. The molecule has 1 unspecified atom stereocenters. The molecule has 0 fully saturated rings. The molecule has 0 aromatic carbocycles. The number of carbonyl (C=O) groups is 3. The van der Waals surface area contributed by atoms with E-state index in [0.717, 1.165) is 18.2 Å². The van der Waals surface area contributed by atoms with Crippen molar-refractivity contribution < 1.29 is 42.9 Å². The van der Waals surface area contributed by atoms with Crippen LogP contribution < -0.4 is 0 Å². The third-order valence-electron chi connectivity index (χ3n) is 8.11. The Labute approximate surface area is 266 Å². The molecule has 10 nitrogen and oxygen atoms in total. The molecule has 0 bridgehead atoms. The normalized spacial score (nSPS) is 14.4. The highest BCUT2D eigenvalue weighted by atomic mass is 16.7. The van der Waals surface area contributed by atoms with Gasteiger partial charge in [0.1, 0.15) is 17.9 Å². The number of esters is 2.